The summed E-state index contributed by atoms with van der Waals surface area (Å²) >= 11 is 0. The van der Waals surface area contributed by atoms with Crippen molar-refractivity contribution in [3.8, 4) is 0 Å². The van der Waals surface area contributed by atoms with Crippen LogP contribution in [0.25, 0.3) is 0 Å². The van der Waals surface area contributed by atoms with Gasteiger partial charge in [-0.1, -0.05) is 6.07 Å². The minimum absolute atomic E-state index is 0.0331. The quantitative estimate of drug-likeness (QED) is 0.869. The van der Waals surface area contributed by atoms with Crippen LogP contribution >= 0.6 is 0 Å². The number of pyridine rings is 1. The van der Waals surface area contributed by atoms with Crippen LogP contribution in [0.1, 0.15) is 30.5 Å². The average Bonchev–Trinajstić information content (AvgIpc) is 2.37. The van der Waals surface area contributed by atoms with Gasteiger partial charge in [-0.3, -0.25) is 14.6 Å². The third kappa shape index (κ3) is 3.06. The molecule has 0 atom stereocenters. The van der Waals surface area contributed by atoms with Gasteiger partial charge in [0, 0.05) is 44.2 Å². The molecule has 2 heterocycles. The highest BCUT2D eigenvalue weighted by molar-refractivity contribution is 5.77. The minimum Gasteiger partial charge on any atom is -0.481 e. The fourth-order valence-corrected chi connectivity index (χ4v) is 2.13. The van der Waals surface area contributed by atoms with E-state index in [1.807, 2.05) is 12.1 Å². The first kappa shape index (κ1) is 12.5. The van der Waals surface area contributed by atoms with E-state index in [1.54, 1.807) is 11.1 Å². The number of carboxylic acids is 1. The van der Waals surface area contributed by atoms with Gasteiger partial charge in [0.05, 0.1) is 0 Å². The highest BCUT2D eigenvalue weighted by Crippen LogP contribution is 2.17. The number of aromatic nitrogens is 1. The van der Waals surface area contributed by atoms with Gasteiger partial charge < -0.3 is 10.0 Å². The van der Waals surface area contributed by atoms with Gasteiger partial charge in [-0.15, -0.1) is 0 Å². The van der Waals surface area contributed by atoms with Crippen LogP contribution in [0.3, 0.4) is 0 Å². The molecule has 1 N–H and O–H groups in total. The van der Waals surface area contributed by atoms with Gasteiger partial charge >= 0.3 is 5.97 Å². The van der Waals surface area contributed by atoms with Crippen LogP contribution in [-0.2, 0) is 22.6 Å². The van der Waals surface area contributed by atoms with Crippen molar-refractivity contribution in [2.45, 2.75) is 32.2 Å². The standard InChI is InChI=1S/C13H16N2O3/c16-12(4-1-5-13(17)18)15-8-6-11-10(9-15)3-2-7-14-11/h2-3,7H,1,4-6,8-9H2,(H,17,18). The summed E-state index contributed by atoms with van der Waals surface area (Å²) in [5, 5.41) is 8.53. The SMILES string of the molecule is O=C(O)CCCC(=O)N1CCc2ncccc2C1. The molecule has 1 aliphatic heterocycles. The van der Waals surface area contributed by atoms with E-state index in [0.29, 0.717) is 25.9 Å². The summed E-state index contributed by atoms with van der Waals surface area (Å²) in [6, 6.07) is 3.86. The summed E-state index contributed by atoms with van der Waals surface area (Å²) in [4.78, 5) is 28.4. The molecule has 5 nitrogen and oxygen atoms in total. The molecule has 1 amide bonds. The lowest BCUT2D eigenvalue weighted by molar-refractivity contribution is -0.137. The van der Waals surface area contributed by atoms with Gasteiger partial charge in [-0.05, 0) is 18.1 Å². The van der Waals surface area contributed by atoms with Gasteiger partial charge in [0.25, 0.3) is 0 Å². The molecule has 0 spiro atoms. The van der Waals surface area contributed by atoms with E-state index >= 15 is 0 Å². The van der Waals surface area contributed by atoms with E-state index in [9.17, 15) is 9.59 Å². The molecule has 96 valence electrons. The van der Waals surface area contributed by atoms with Crippen LogP contribution in [0.15, 0.2) is 18.3 Å². The van der Waals surface area contributed by atoms with Crippen molar-refractivity contribution in [2.24, 2.45) is 0 Å². The molecule has 0 saturated carbocycles. The molecule has 1 aliphatic rings. The maximum Gasteiger partial charge on any atom is 0.303 e. The van der Waals surface area contributed by atoms with E-state index in [1.165, 1.54) is 0 Å². The zero-order valence-electron chi connectivity index (χ0n) is 10.1. The number of carbonyl (C=O) groups excluding carboxylic acids is 1. The topological polar surface area (TPSA) is 70.5 Å². The van der Waals surface area contributed by atoms with Crippen molar-refractivity contribution in [3.63, 3.8) is 0 Å². The lowest BCUT2D eigenvalue weighted by Crippen LogP contribution is -2.36. The minimum atomic E-state index is -0.851. The van der Waals surface area contributed by atoms with Crippen LogP contribution < -0.4 is 0 Å². The molecule has 0 unspecified atom stereocenters. The Kier molecular flexibility index (Phi) is 3.92. The number of aliphatic carboxylic acids is 1. The third-order valence-electron chi connectivity index (χ3n) is 3.10. The van der Waals surface area contributed by atoms with Crippen molar-refractivity contribution in [3.05, 3.63) is 29.6 Å². The number of carboxylic acid groups (broad SMARTS) is 1. The largest absolute Gasteiger partial charge is 0.481 e. The monoisotopic (exact) mass is 248 g/mol. The molecule has 1 aromatic rings. The fourth-order valence-electron chi connectivity index (χ4n) is 2.13. The Balaban J connectivity index is 1.88. The van der Waals surface area contributed by atoms with Crippen molar-refractivity contribution >= 4 is 11.9 Å². The Morgan fingerprint density at radius 2 is 2.22 bits per heavy atom. The van der Waals surface area contributed by atoms with E-state index in [4.69, 9.17) is 5.11 Å². The third-order valence-corrected chi connectivity index (χ3v) is 3.10. The number of fused-ring (bicyclic) bond motifs is 1. The second-order valence-corrected chi connectivity index (χ2v) is 4.42. The Bertz CT molecular complexity index is 459. The van der Waals surface area contributed by atoms with Gasteiger partial charge in [0.2, 0.25) is 5.91 Å². The van der Waals surface area contributed by atoms with Crippen molar-refractivity contribution in [2.75, 3.05) is 6.54 Å². The number of rotatable bonds is 4. The molecule has 1 aromatic heterocycles. The molecule has 0 radical (unpaired) electrons. The normalized spacial score (nSPS) is 14.1. The molecule has 0 bridgehead atoms. The summed E-state index contributed by atoms with van der Waals surface area (Å²) in [6.07, 6.45) is 3.31. The van der Waals surface area contributed by atoms with E-state index in [-0.39, 0.29) is 12.3 Å². The number of nitrogens with zero attached hydrogens (tertiary/aromatic N) is 2. The lowest BCUT2D eigenvalue weighted by Gasteiger charge is -2.28. The Morgan fingerprint density at radius 1 is 1.39 bits per heavy atom. The van der Waals surface area contributed by atoms with Gasteiger partial charge in [-0.25, -0.2) is 0 Å². The zero-order chi connectivity index (χ0) is 13.0. The second kappa shape index (κ2) is 5.62. The Labute approximate surface area is 105 Å². The molecule has 5 heteroatoms. The number of amides is 1. The first-order valence-corrected chi connectivity index (χ1v) is 6.09. The number of hydrogen-bond donors (Lipinski definition) is 1. The molecular formula is C13H16N2O3. The molecule has 0 aliphatic carbocycles. The predicted molar refractivity (Wildman–Crippen MR) is 64.8 cm³/mol. The maximum absolute atomic E-state index is 11.9. The number of carbonyl (C=O) groups is 2. The predicted octanol–water partition coefficient (Wildman–Crippen LogP) is 1.22. The summed E-state index contributed by atoms with van der Waals surface area (Å²) in [5.41, 5.74) is 2.16. The molecule has 0 saturated heterocycles. The Hall–Kier alpha value is -1.91. The Morgan fingerprint density at radius 3 is 3.00 bits per heavy atom. The van der Waals surface area contributed by atoms with Crippen LogP contribution in [-0.4, -0.2) is 33.4 Å². The van der Waals surface area contributed by atoms with Crippen LogP contribution in [0.4, 0.5) is 0 Å². The number of hydrogen-bond acceptors (Lipinski definition) is 3. The molecule has 0 fully saturated rings. The van der Waals surface area contributed by atoms with Crippen molar-refractivity contribution in [1.82, 2.24) is 9.88 Å². The summed E-state index contributed by atoms with van der Waals surface area (Å²) in [6.45, 7) is 1.27. The summed E-state index contributed by atoms with van der Waals surface area (Å²) < 4.78 is 0. The molecule has 0 aromatic carbocycles. The maximum atomic E-state index is 11.9. The van der Waals surface area contributed by atoms with Gasteiger partial charge in [0.15, 0.2) is 0 Å². The fraction of sp³-hybridized carbons (Fsp3) is 0.462. The molecule has 2 rings (SSSR count). The van der Waals surface area contributed by atoms with E-state index in [0.717, 1.165) is 17.7 Å². The van der Waals surface area contributed by atoms with Gasteiger partial charge in [0.1, 0.15) is 0 Å². The van der Waals surface area contributed by atoms with Crippen molar-refractivity contribution < 1.29 is 14.7 Å². The molecular weight excluding hydrogens is 232 g/mol. The zero-order valence-corrected chi connectivity index (χ0v) is 10.1. The average molecular weight is 248 g/mol. The highest BCUT2D eigenvalue weighted by Gasteiger charge is 2.20. The highest BCUT2D eigenvalue weighted by atomic mass is 16.4. The van der Waals surface area contributed by atoms with Crippen LogP contribution in [0, 0.1) is 0 Å². The van der Waals surface area contributed by atoms with Crippen molar-refractivity contribution in [1.29, 1.82) is 0 Å². The van der Waals surface area contributed by atoms with E-state index in [2.05, 4.69) is 4.98 Å². The first-order chi connectivity index (χ1) is 8.66. The first-order valence-electron chi connectivity index (χ1n) is 6.09. The smallest absolute Gasteiger partial charge is 0.303 e. The van der Waals surface area contributed by atoms with Gasteiger partial charge in [-0.2, -0.15) is 0 Å². The van der Waals surface area contributed by atoms with Crippen LogP contribution in [0.5, 0.6) is 0 Å². The summed E-state index contributed by atoms with van der Waals surface area (Å²) in [5.74, 6) is -0.818. The summed E-state index contributed by atoms with van der Waals surface area (Å²) in [7, 11) is 0. The lowest BCUT2D eigenvalue weighted by atomic mass is 10.1. The van der Waals surface area contributed by atoms with E-state index < -0.39 is 5.97 Å². The molecule has 18 heavy (non-hydrogen) atoms. The second-order valence-electron chi connectivity index (χ2n) is 4.42. The van der Waals surface area contributed by atoms with Crippen LogP contribution in [0.2, 0.25) is 0 Å².